The highest BCUT2D eigenvalue weighted by Gasteiger charge is 2.43. The van der Waals surface area contributed by atoms with Crippen LogP contribution in [0.25, 0.3) is 0 Å². The van der Waals surface area contributed by atoms with E-state index in [2.05, 4.69) is 0 Å². The van der Waals surface area contributed by atoms with Crippen molar-refractivity contribution in [2.24, 2.45) is 5.73 Å². The number of aliphatic hydroxyl groups excluding tert-OH is 1. The number of hydrogen-bond donors (Lipinski definition) is 2. The van der Waals surface area contributed by atoms with E-state index >= 15 is 0 Å². The fraction of sp³-hybridized carbons (Fsp3) is 0.400. The number of aliphatic hydroxyl groups is 1. The third-order valence-corrected chi connectivity index (χ3v) is 2.19. The van der Waals surface area contributed by atoms with E-state index in [1.165, 1.54) is 6.07 Å². The first-order valence-corrected chi connectivity index (χ1v) is 4.50. The Kier molecular flexibility index (Phi) is 5.38. The molecular formula is C10H12ClF4NO. The van der Waals surface area contributed by atoms with Crippen LogP contribution in [0.3, 0.4) is 0 Å². The standard InChI is InChI=1S/C10H11F4NO.ClH/c1-5-2-3-6(7(11)4-5)8(15)9(16)10(12,13)14;/h2-4,8-9,16H,15H2,1H3;1H/t8-,9-;/m1./s1. The maximum absolute atomic E-state index is 13.3. The minimum atomic E-state index is -4.86. The number of alkyl halides is 3. The summed E-state index contributed by atoms with van der Waals surface area (Å²) >= 11 is 0. The van der Waals surface area contributed by atoms with Crippen molar-refractivity contribution in [3.63, 3.8) is 0 Å². The van der Waals surface area contributed by atoms with E-state index in [4.69, 9.17) is 10.8 Å². The van der Waals surface area contributed by atoms with Crippen molar-refractivity contribution >= 4 is 12.4 Å². The molecule has 0 bridgehead atoms. The van der Waals surface area contributed by atoms with E-state index < -0.39 is 24.1 Å². The zero-order valence-corrected chi connectivity index (χ0v) is 9.65. The maximum Gasteiger partial charge on any atom is 0.416 e. The summed E-state index contributed by atoms with van der Waals surface area (Å²) in [6.45, 7) is 1.60. The van der Waals surface area contributed by atoms with E-state index in [0.717, 1.165) is 12.1 Å². The molecule has 0 aliphatic rings. The topological polar surface area (TPSA) is 46.2 Å². The van der Waals surface area contributed by atoms with Crippen LogP contribution in [0, 0.1) is 12.7 Å². The zero-order valence-electron chi connectivity index (χ0n) is 8.83. The summed E-state index contributed by atoms with van der Waals surface area (Å²) in [5.74, 6) is -0.851. The lowest BCUT2D eigenvalue weighted by Crippen LogP contribution is -2.39. The van der Waals surface area contributed by atoms with Crippen LogP contribution in [-0.4, -0.2) is 17.4 Å². The molecule has 0 aromatic heterocycles. The average molecular weight is 274 g/mol. The van der Waals surface area contributed by atoms with Gasteiger partial charge in [0.2, 0.25) is 0 Å². The molecule has 0 spiro atoms. The van der Waals surface area contributed by atoms with E-state index in [9.17, 15) is 17.6 Å². The van der Waals surface area contributed by atoms with Gasteiger partial charge in [-0.25, -0.2) is 4.39 Å². The summed E-state index contributed by atoms with van der Waals surface area (Å²) in [6.07, 6.45) is -7.64. The fourth-order valence-electron chi connectivity index (χ4n) is 1.28. The molecule has 2 atom stereocenters. The molecule has 0 heterocycles. The lowest BCUT2D eigenvalue weighted by Gasteiger charge is -2.22. The van der Waals surface area contributed by atoms with Gasteiger partial charge in [-0.1, -0.05) is 12.1 Å². The summed E-state index contributed by atoms with van der Waals surface area (Å²) < 4.78 is 49.7. The molecule has 0 amide bonds. The van der Waals surface area contributed by atoms with Crippen LogP contribution >= 0.6 is 12.4 Å². The summed E-state index contributed by atoms with van der Waals surface area (Å²) in [5.41, 5.74) is 5.38. The summed E-state index contributed by atoms with van der Waals surface area (Å²) in [6, 6.07) is 1.82. The summed E-state index contributed by atoms with van der Waals surface area (Å²) in [5, 5.41) is 8.88. The zero-order chi connectivity index (χ0) is 12.5. The number of halogens is 5. The van der Waals surface area contributed by atoms with Crippen molar-refractivity contribution in [3.05, 3.63) is 35.1 Å². The number of nitrogens with two attached hydrogens (primary N) is 1. The maximum atomic E-state index is 13.3. The van der Waals surface area contributed by atoms with Crippen molar-refractivity contribution in [3.8, 4) is 0 Å². The quantitative estimate of drug-likeness (QED) is 0.813. The Hall–Kier alpha value is -0.850. The monoisotopic (exact) mass is 273 g/mol. The molecule has 0 aliphatic heterocycles. The van der Waals surface area contributed by atoms with Crippen molar-refractivity contribution < 1.29 is 22.7 Å². The van der Waals surface area contributed by atoms with E-state index in [0.29, 0.717) is 5.56 Å². The van der Waals surface area contributed by atoms with Gasteiger partial charge in [0.15, 0.2) is 6.10 Å². The number of aryl methyl sites for hydroxylation is 1. The van der Waals surface area contributed by atoms with Gasteiger partial charge in [-0.05, 0) is 18.6 Å². The molecule has 2 nitrogen and oxygen atoms in total. The van der Waals surface area contributed by atoms with E-state index in [1.807, 2.05) is 0 Å². The largest absolute Gasteiger partial charge is 0.416 e. The first-order valence-electron chi connectivity index (χ1n) is 4.50. The van der Waals surface area contributed by atoms with Crippen molar-refractivity contribution in [1.29, 1.82) is 0 Å². The van der Waals surface area contributed by atoms with Crippen molar-refractivity contribution in [1.82, 2.24) is 0 Å². The molecule has 0 radical (unpaired) electrons. The first-order chi connectivity index (χ1) is 7.23. The molecule has 0 saturated carbocycles. The SMILES string of the molecule is Cc1ccc([C@@H](N)[C@@H](O)C(F)(F)F)c(F)c1.Cl. The number of benzene rings is 1. The van der Waals surface area contributed by atoms with Gasteiger partial charge >= 0.3 is 6.18 Å². The Labute approximate surface area is 102 Å². The van der Waals surface area contributed by atoms with Crippen LogP contribution in [0.5, 0.6) is 0 Å². The second kappa shape index (κ2) is 5.66. The van der Waals surface area contributed by atoms with Gasteiger partial charge in [0.25, 0.3) is 0 Å². The molecule has 17 heavy (non-hydrogen) atoms. The smallest absolute Gasteiger partial charge is 0.382 e. The van der Waals surface area contributed by atoms with Gasteiger partial charge in [0.05, 0.1) is 6.04 Å². The minimum absolute atomic E-state index is 0. The molecule has 3 N–H and O–H groups in total. The minimum Gasteiger partial charge on any atom is -0.382 e. The highest BCUT2D eigenvalue weighted by Crippen LogP contribution is 2.29. The third-order valence-electron chi connectivity index (χ3n) is 2.19. The lowest BCUT2D eigenvalue weighted by atomic mass is 10.00. The highest BCUT2D eigenvalue weighted by molar-refractivity contribution is 5.85. The Morgan fingerprint density at radius 1 is 1.29 bits per heavy atom. The molecular weight excluding hydrogens is 262 g/mol. The molecule has 7 heteroatoms. The molecule has 0 fully saturated rings. The van der Waals surface area contributed by atoms with Gasteiger partial charge < -0.3 is 10.8 Å². The molecule has 1 rings (SSSR count). The van der Waals surface area contributed by atoms with Gasteiger partial charge in [-0.2, -0.15) is 13.2 Å². The molecule has 0 saturated heterocycles. The molecule has 1 aromatic carbocycles. The molecule has 0 unspecified atom stereocenters. The molecule has 1 aromatic rings. The third kappa shape index (κ3) is 3.83. The first kappa shape index (κ1) is 16.1. The Morgan fingerprint density at radius 2 is 1.82 bits per heavy atom. The number of rotatable bonds is 2. The van der Waals surface area contributed by atoms with Crippen LogP contribution in [0.2, 0.25) is 0 Å². The summed E-state index contributed by atoms with van der Waals surface area (Å²) in [7, 11) is 0. The summed E-state index contributed by atoms with van der Waals surface area (Å²) in [4.78, 5) is 0. The van der Waals surface area contributed by atoms with Crippen LogP contribution in [0.15, 0.2) is 18.2 Å². The van der Waals surface area contributed by atoms with Gasteiger partial charge in [-0.15, -0.1) is 12.4 Å². The number of hydrogen-bond acceptors (Lipinski definition) is 2. The predicted octanol–water partition coefficient (Wildman–Crippen LogP) is 2.48. The Balaban J connectivity index is 0.00000256. The average Bonchev–Trinajstić information content (AvgIpc) is 2.14. The van der Waals surface area contributed by atoms with E-state index in [-0.39, 0.29) is 18.0 Å². The highest BCUT2D eigenvalue weighted by atomic mass is 35.5. The predicted molar refractivity (Wildman–Crippen MR) is 57.4 cm³/mol. The Morgan fingerprint density at radius 3 is 2.24 bits per heavy atom. The molecule has 98 valence electrons. The van der Waals surface area contributed by atoms with Crippen LogP contribution in [-0.2, 0) is 0 Å². The van der Waals surface area contributed by atoms with Crippen LogP contribution < -0.4 is 5.73 Å². The van der Waals surface area contributed by atoms with Crippen LogP contribution in [0.1, 0.15) is 17.2 Å². The second-order valence-electron chi connectivity index (χ2n) is 3.54. The Bertz CT molecular complexity index is 383. The van der Waals surface area contributed by atoms with Gasteiger partial charge in [0.1, 0.15) is 5.82 Å². The molecule has 0 aliphatic carbocycles. The van der Waals surface area contributed by atoms with Crippen LogP contribution in [0.4, 0.5) is 17.6 Å². The van der Waals surface area contributed by atoms with Crippen molar-refractivity contribution in [2.75, 3.05) is 0 Å². The van der Waals surface area contributed by atoms with Gasteiger partial charge in [-0.3, -0.25) is 0 Å². The van der Waals surface area contributed by atoms with Crippen molar-refractivity contribution in [2.45, 2.75) is 25.2 Å². The fourth-order valence-corrected chi connectivity index (χ4v) is 1.28. The normalized spacial score (nSPS) is 15.0. The van der Waals surface area contributed by atoms with E-state index in [1.54, 1.807) is 6.92 Å². The van der Waals surface area contributed by atoms with Gasteiger partial charge in [0, 0.05) is 5.56 Å². The lowest BCUT2D eigenvalue weighted by molar-refractivity contribution is -0.210. The second-order valence-corrected chi connectivity index (χ2v) is 3.54.